The number of fused-ring (bicyclic) bond motifs is 1. The van der Waals surface area contributed by atoms with E-state index < -0.39 is 0 Å². The summed E-state index contributed by atoms with van der Waals surface area (Å²) in [6, 6.07) is 18.4. The standard InChI is InChI=1S/C28H28Cl2N4O2/c1-34-25-16-23(32-27(35)18-5-3-2-4-6-18)11-12-24(25)33-26(34)17-7-9-22(10-8-17)31-28(36)19-13-20(29)15-21(30)14-19/h7-16,18,26,33H,2-6H2,1H3,(H,31,36)(H,32,35). The van der Waals surface area contributed by atoms with Crippen LogP contribution in [0.15, 0.2) is 60.7 Å². The third kappa shape index (κ3) is 5.30. The van der Waals surface area contributed by atoms with Crippen molar-refractivity contribution in [1.82, 2.24) is 0 Å². The van der Waals surface area contributed by atoms with Gasteiger partial charge in [-0.1, -0.05) is 54.6 Å². The maximum atomic E-state index is 12.7. The van der Waals surface area contributed by atoms with Crippen LogP contribution in [0.25, 0.3) is 0 Å². The quantitative estimate of drug-likeness (QED) is 0.328. The molecule has 1 fully saturated rings. The van der Waals surface area contributed by atoms with E-state index in [4.69, 9.17) is 23.2 Å². The first kappa shape index (κ1) is 24.5. The van der Waals surface area contributed by atoms with Crippen LogP contribution in [0.3, 0.4) is 0 Å². The Morgan fingerprint density at radius 2 is 1.53 bits per heavy atom. The van der Waals surface area contributed by atoms with Crippen molar-refractivity contribution in [3.8, 4) is 0 Å². The van der Waals surface area contributed by atoms with E-state index in [0.717, 1.165) is 48.3 Å². The lowest BCUT2D eigenvalue weighted by Gasteiger charge is -2.23. The van der Waals surface area contributed by atoms with Crippen molar-refractivity contribution >= 4 is 57.8 Å². The van der Waals surface area contributed by atoms with Gasteiger partial charge in [-0.2, -0.15) is 0 Å². The molecule has 2 aliphatic rings. The molecule has 0 spiro atoms. The van der Waals surface area contributed by atoms with Crippen LogP contribution in [0.2, 0.25) is 10.0 Å². The fraction of sp³-hybridized carbons (Fsp3) is 0.286. The average molecular weight is 523 g/mol. The minimum atomic E-state index is -0.279. The van der Waals surface area contributed by atoms with Crippen molar-refractivity contribution in [2.45, 2.75) is 38.3 Å². The van der Waals surface area contributed by atoms with Crippen molar-refractivity contribution in [2.75, 3.05) is 27.9 Å². The van der Waals surface area contributed by atoms with Crippen LogP contribution in [0.1, 0.15) is 54.2 Å². The molecule has 2 amide bonds. The lowest BCUT2D eigenvalue weighted by molar-refractivity contribution is -0.120. The highest BCUT2D eigenvalue weighted by Crippen LogP contribution is 2.41. The third-order valence-corrected chi connectivity index (χ3v) is 7.35. The number of benzene rings is 3. The van der Waals surface area contributed by atoms with E-state index in [9.17, 15) is 9.59 Å². The number of hydrogen-bond donors (Lipinski definition) is 3. The van der Waals surface area contributed by atoms with Crippen molar-refractivity contribution < 1.29 is 9.59 Å². The SMILES string of the molecule is CN1c2cc(NC(=O)C3CCCCC3)ccc2NC1c1ccc(NC(=O)c2cc(Cl)cc(Cl)c2)cc1. The molecule has 1 aliphatic heterocycles. The van der Waals surface area contributed by atoms with Crippen LogP contribution in [-0.2, 0) is 4.79 Å². The summed E-state index contributed by atoms with van der Waals surface area (Å²) in [5.74, 6) is -0.0403. The number of rotatable bonds is 5. The maximum Gasteiger partial charge on any atom is 0.255 e. The molecule has 0 radical (unpaired) electrons. The van der Waals surface area contributed by atoms with Gasteiger partial charge in [0.2, 0.25) is 5.91 Å². The Hall–Kier alpha value is -3.22. The summed E-state index contributed by atoms with van der Waals surface area (Å²) < 4.78 is 0. The van der Waals surface area contributed by atoms with Gasteiger partial charge < -0.3 is 20.9 Å². The number of carbonyl (C=O) groups is 2. The summed E-state index contributed by atoms with van der Waals surface area (Å²) in [5.41, 5.74) is 4.97. The van der Waals surface area contributed by atoms with Crippen molar-refractivity contribution in [1.29, 1.82) is 0 Å². The lowest BCUT2D eigenvalue weighted by atomic mass is 9.88. The van der Waals surface area contributed by atoms with Gasteiger partial charge >= 0.3 is 0 Å². The predicted molar refractivity (Wildman–Crippen MR) is 147 cm³/mol. The van der Waals surface area contributed by atoms with Crippen LogP contribution in [0.5, 0.6) is 0 Å². The summed E-state index contributed by atoms with van der Waals surface area (Å²) in [6.07, 6.45) is 5.38. The first-order valence-corrected chi connectivity index (χ1v) is 12.9. The molecule has 1 aliphatic carbocycles. The Morgan fingerprint density at radius 3 is 2.22 bits per heavy atom. The molecule has 1 atom stereocenters. The van der Waals surface area contributed by atoms with Crippen molar-refractivity contribution in [3.63, 3.8) is 0 Å². The van der Waals surface area contributed by atoms with Crippen LogP contribution in [-0.4, -0.2) is 18.9 Å². The van der Waals surface area contributed by atoms with Gasteiger partial charge in [0.1, 0.15) is 6.17 Å². The minimum absolute atomic E-state index is 0.0687. The molecule has 186 valence electrons. The fourth-order valence-electron chi connectivity index (χ4n) is 4.96. The van der Waals surface area contributed by atoms with Gasteiger partial charge in [-0.25, -0.2) is 0 Å². The second-order valence-electron chi connectivity index (χ2n) is 9.45. The van der Waals surface area contributed by atoms with Gasteiger partial charge in [0.25, 0.3) is 5.91 Å². The van der Waals surface area contributed by atoms with E-state index in [2.05, 4.69) is 20.9 Å². The Morgan fingerprint density at radius 1 is 0.861 bits per heavy atom. The lowest BCUT2D eigenvalue weighted by Crippen LogP contribution is -2.25. The summed E-state index contributed by atoms with van der Waals surface area (Å²) in [5, 5.41) is 10.4. The normalized spacial score (nSPS) is 17.3. The van der Waals surface area contributed by atoms with Crippen molar-refractivity contribution in [3.05, 3.63) is 81.8 Å². The molecule has 36 heavy (non-hydrogen) atoms. The summed E-state index contributed by atoms with van der Waals surface area (Å²) in [4.78, 5) is 27.4. The predicted octanol–water partition coefficient (Wildman–Crippen LogP) is 7.33. The van der Waals surface area contributed by atoms with Crippen LogP contribution >= 0.6 is 23.2 Å². The van der Waals surface area contributed by atoms with Gasteiger partial charge in [0.05, 0.1) is 11.4 Å². The molecule has 5 rings (SSSR count). The highest BCUT2D eigenvalue weighted by atomic mass is 35.5. The molecule has 8 heteroatoms. The Balaban J connectivity index is 1.25. The number of carbonyl (C=O) groups excluding carboxylic acids is 2. The molecular weight excluding hydrogens is 495 g/mol. The summed E-state index contributed by atoms with van der Waals surface area (Å²) in [6.45, 7) is 0. The first-order valence-electron chi connectivity index (χ1n) is 12.2. The largest absolute Gasteiger partial charge is 0.360 e. The van der Waals surface area contributed by atoms with Crippen LogP contribution in [0, 0.1) is 5.92 Å². The van der Waals surface area contributed by atoms with Gasteiger partial charge in [0.15, 0.2) is 0 Å². The Bertz CT molecular complexity index is 1270. The number of amides is 2. The molecule has 3 aromatic rings. The minimum Gasteiger partial charge on any atom is -0.360 e. The fourth-order valence-corrected chi connectivity index (χ4v) is 5.49. The van der Waals surface area contributed by atoms with E-state index in [0.29, 0.717) is 21.3 Å². The number of nitrogens with one attached hydrogen (secondary N) is 3. The van der Waals surface area contributed by atoms with Crippen molar-refractivity contribution in [2.24, 2.45) is 5.92 Å². The first-order chi connectivity index (χ1) is 17.4. The number of nitrogens with zero attached hydrogens (tertiary/aromatic N) is 1. The van der Waals surface area contributed by atoms with E-state index in [1.165, 1.54) is 6.42 Å². The van der Waals surface area contributed by atoms with Gasteiger partial charge in [-0.05, 0) is 66.9 Å². The zero-order valence-electron chi connectivity index (χ0n) is 20.0. The van der Waals surface area contributed by atoms with E-state index in [-0.39, 0.29) is 23.9 Å². The molecule has 1 heterocycles. The number of halogens is 2. The molecular formula is C28H28Cl2N4O2. The Kier molecular flexibility index (Phi) is 7.08. The molecule has 1 unspecified atom stereocenters. The van der Waals surface area contributed by atoms with Gasteiger partial charge in [-0.15, -0.1) is 0 Å². The molecule has 3 N–H and O–H groups in total. The molecule has 1 saturated carbocycles. The topological polar surface area (TPSA) is 73.5 Å². The molecule has 6 nitrogen and oxygen atoms in total. The summed E-state index contributed by atoms with van der Waals surface area (Å²) in [7, 11) is 2.02. The second-order valence-corrected chi connectivity index (χ2v) is 10.3. The maximum absolute atomic E-state index is 12.7. The average Bonchev–Trinajstić information content (AvgIpc) is 3.20. The van der Waals surface area contributed by atoms with Crippen LogP contribution < -0.4 is 20.9 Å². The highest BCUT2D eigenvalue weighted by molar-refractivity contribution is 6.35. The van der Waals surface area contributed by atoms with Crippen LogP contribution in [0.4, 0.5) is 22.7 Å². The van der Waals surface area contributed by atoms with E-state index >= 15 is 0 Å². The molecule has 3 aromatic carbocycles. The van der Waals surface area contributed by atoms with E-state index in [1.807, 2.05) is 49.5 Å². The number of anilines is 4. The molecule has 0 bridgehead atoms. The van der Waals surface area contributed by atoms with E-state index in [1.54, 1.807) is 18.2 Å². The summed E-state index contributed by atoms with van der Waals surface area (Å²) >= 11 is 12.0. The zero-order valence-corrected chi connectivity index (χ0v) is 21.5. The number of hydrogen-bond acceptors (Lipinski definition) is 4. The van der Waals surface area contributed by atoms with Gasteiger partial charge in [-0.3, -0.25) is 9.59 Å². The zero-order chi connectivity index (χ0) is 25.2. The molecule has 0 aromatic heterocycles. The third-order valence-electron chi connectivity index (χ3n) is 6.91. The monoisotopic (exact) mass is 522 g/mol. The molecule has 0 saturated heterocycles. The smallest absolute Gasteiger partial charge is 0.255 e. The second kappa shape index (κ2) is 10.4. The Labute approximate surface area is 221 Å². The van der Waals surface area contributed by atoms with Gasteiger partial charge in [0, 0.05) is 39.9 Å². The highest BCUT2D eigenvalue weighted by Gasteiger charge is 2.28.